The largest absolute Gasteiger partial charge is 0.332 e. The van der Waals surface area contributed by atoms with Gasteiger partial charge in [0.15, 0.2) is 0 Å². The number of benzene rings is 1. The fourth-order valence-corrected chi connectivity index (χ4v) is 3.60. The molecule has 0 aliphatic carbocycles. The molecule has 0 bridgehead atoms. The van der Waals surface area contributed by atoms with Crippen molar-refractivity contribution in [3.63, 3.8) is 0 Å². The third-order valence-electron chi connectivity index (χ3n) is 4.83. The first-order valence-corrected chi connectivity index (χ1v) is 9.47. The molecule has 140 valence electrons. The van der Waals surface area contributed by atoms with Crippen LogP contribution in [0.1, 0.15) is 37.6 Å². The number of halogens is 1. The number of fused-ring (bicyclic) bond motifs is 1. The van der Waals surface area contributed by atoms with E-state index in [0.717, 1.165) is 22.6 Å². The van der Waals surface area contributed by atoms with Gasteiger partial charge >= 0.3 is 0 Å². The Bertz CT molecular complexity index is 965. The standard InChI is InChI=1S/C21H23ClN4O/c1-21(2,3)26-20(24-10-4-5-11-24)17-13-25(14-18(17)23-26)19(27)12-15-6-8-16(22)9-7-15/h4-11H,12-14H2,1-3H3. The molecule has 1 amide bonds. The molecular formula is C21H23ClN4O. The predicted molar refractivity (Wildman–Crippen MR) is 106 cm³/mol. The Labute approximate surface area is 164 Å². The highest BCUT2D eigenvalue weighted by Gasteiger charge is 2.33. The summed E-state index contributed by atoms with van der Waals surface area (Å²) >= 11 is 5.93. The van der Waals surface area contributed by atoms with Crippen molar-refractivity contribution in [2.75, 3.05) is 0 Å². The van der Waals surface area contributed by atoms with E-state index in [0.29, 0.717) is 24.5 Å². The summed E-state index contributed by atoms with van der Waals surface area (Å²) < 4.78 is 4.16. The first-order chi connectivity index (χ1) is 12.8. The van der Waals surface area contributed by atoms with Gasteiger partial charge in [0.25, 0.3) is 0 Å². The van der Waals surface area contributed by atoms with Crippen molar-refractivity contribution in [3.8, 4) is 5.82 Å². The second-order valence-corrected chi connectivity index (χ2v) is 8.41. The van der Waals surface area contributed by atoms with Crippen LogP contribution in [0.3, 0.4) is 0 Å². The molecule has 3 aromatic rings. The summed E-state index contributed by atoms with van der Waals surface area (Å²) in [5.74, 6) is 1.15. The van der Waals surface area contributed by atoms with Crippen molar-refractivity contribution in [2.45, 2.75) is 45.8 Å². The highest BCUT2D eigenvalue weighted by atomic mass is 35.5. The highest BCUT2D eigenvalue weighted by Crippen LogP contribution is 2.32. The average Bonchev–Trinajstić information content (AvgIpc) is 3.30. The lowest BCUT2D eigenvalue weighted by Crippen LogP contribution is -2.30. The zero-order valence-electron chi connectivity index (χ0n) is 15.8. The van der Waals surface area contributed by atoms with Gasteiger partial charge in [-0.2, -0.15) is 5.10 Å². The molecule has 1 aliphatic heterocycles. The Morgan fingerprint density at radius 3 is 2.41 bits per heavy atom. The van der Waals surface area contributed by atoms with E-state index in [9.17, 15) is 4.79 Å². The fourth-order valence-electron chi connectivity index (χ4n) is 3.48. The van der Waals surface area contributed by atoms with Crippen LogP contribution in [-0.2, 0) is 29.8 Å². The summed E-state index contributed by atoms with van der Waals surface area (Å²) in [6.07, 6.45) is 4.43. The molecule has 0 radical (unpaired) electrons. The third kappa shape index (κ3) is 3.39. The summed E-state index contributed by atoms with van der Waals surface area (Å²) in [6, 6.07) is 11.5. The minimum Gasteiger partial charge on any atom is -0.332 e. The minimum absolute atomic E-state index is 0.107. The van der Waals surface area contributed by atoms with Crippen LogP contribution in [0.5, 0.6) is 0 Å². The Morgan fingerprint density at radius 2 is 1.78 bits per heavy atom. The molecule has 0 saturated carbocycles. The summed E-state index contributed by atoms with van der Waals surface area (Å²) in [7, 11) is 0. The van der Waals surface area contributed by atoms with E-state index in [2.05, 4.69) is 30.0 Å². The predicted octanol–water partition coefficient (Wildman–Crippen LogP) is 4.17. The van der Waals surface area contributed by atoms with Gasteiger partial charge in [-0.05, 0) is 50.6 Å². The SMILES string of the molecule is CC(C)(C)n1nc2c(c1-n1cccc1)CN(C(=O)Cc1ccc(Cl)cc1)C2. The van der Waals surface area contributed by atoms with E-state index in [1.54, 1.807) is 0 Å². The van der Waals surface area contributed by atoms with Crippen LogP contribution in [0.4, 0.5) is 0 Å². The molecule has 2 aromatic heterocycles. The monoisotopic (exact) mass is 382 g/mol. The Balaban J connectivity index is 1.60. The number of rotatable bonds is 3. The van der Waals surface area contributed by atoms with Crippen LogP contribution in [0.15, 0.2) is 48.8 Å². The topological polar surface area (TPSA) is 43.1 Å². The lowest BCUT2D eigenvalue weighted by molar-refractivity contribution is -0.131. The van der Waals surface area contributed by atoms with Crippen molar-refractivity contribution >= 4 is 17.5 Å². The van der Waals surface area contributed by atoms with E-state index in [1.165, 1.54) is 0 Å². The zero-order chi connectivity index (χ0) is 19.2. The van der Waals surface area contributed by atoms with Crippen molar-refractivity contribution in [1.29, 1.82) is 0 Å². The fraction of sp³-hybridized carbons (Fsp3) is 0.333. The van der Waals surface area contributed by atoms with Gasteiger partial charge < -0.3 is 9.47 Å². The average molecular weight is 383 g/mol. The van der Waals surface area contributed by atoms with Crippen LogP contribution in [-0.4, -0.2) is 25.2 Å². The number of nitrogens with zero attached hydrogens (tertiary/aromatic N) is 4. The Hall–Kier alpha value is -2.53. The first kappa shape index (κ1) is 17.9. The molecular weight excluding hydrogens is 360 g/mol. The molecule has 1 aromatic carbocycles. The third-order valence-corrected chi connectivity index (χ3v) is 5.09. The maximum absolute atomic E-state index is 12.8. The van der Waals surface area contributed by atoms with Gasteiger partial charge in [-0.25, -0.2) is 4.68 Å². The maximum Gasteiger partial charge on any atom is 0.227 e. The molecule has 3 heterocycles. The molecule has 5 nitrogen and oxygen atoms in total. The van der Waals surface area contributed by atoms with E-state index in [4.69, 9.17) is 16.7 Å². The quantitative estimate of drug-likeness (QED) is 0.682. The van der Waals surface area contributed by atoms with Crippen LogP contribution in [0.25, 0.3) is 5.82 Å². The molecule has 0 saturated heterocycles. The number of hydrogen-bond donors (Lipinski definition) is 0. The molecule has 27 heavy (non-hydrogen) atoms. The van der Waals surface area contributed by atoms with Crippen molar-refractivity contribution in [3.05, 3.63) is 70.6 Å². The number of aromatic nitrogens is 3. The van der Waals surface area contributed by atoms with Gasteiger partial charge in [0.05, 0.1) is 30.7 Å². The molecule has 0 spiro atoms. The van der Waals surface area contributed by atoms with Crippen molar-refractivity contribution < 1.29 is 4.79 Å². The van der Waals surface area contributed by atoms with Crippen LogP contribution >= 0.6 is 11.6 Å². The normalized spacial score (nSPS) is 13.9. The second-order valence-electron chi connectivity index (χ2n) is 7.97. The van der Waals surface area contributed by atoms with Gasteiger partial charge in [-0.1, -0.05) is 23.7 Å². The number of amides is 1. The lowest BCUT2D eigenvalue weighted by Gasteiger charge is -2.24. The van der Waals surface area contributed by atoms with Crippen molar-refractivity contribution in [2.24, 2.45) is 0 Å². The molecule has 0 atom stereocenters. The van der Waals surface area contributed by atoms with Crippen LogP contribution in [0.2, 0.25) is 5.02 Å². The number of hydrogen-bond acceptors (Lipinski definition) is 2. The Kier molecular flexibility index (Phi) is 4.35. The minimum atomic E-state index is -0.137. The van der Waals surface area contributed by atoms with Crippen LogP contribution in [0, 0.1) is 0 Å². The van der Waals surface area contributed by atoms with Gasteiger partial charge in [-0.3, -0.25) is 4.79 Å². The summed E-state index contributed by atoms with van der Waals surface area (Å²) in [5.41, 5.74) is 2.95. The van der Waals surface area contributed by atoms with E-state index in [1.807, 2.05) is 53.7 Å². The molecule has 6 heteroatoms. The van der Waals surface area contributed by atoms with Crippen molar-refractivity contribution in [1.82, 2.24) is 19.2 Å². The lowest BCUT2D eigenvalue weighted by atomic mass is 10.1. The summed E-state index contributed by atoms with van der Waals surface area (Å²) in [4.78, 5) is 14.7. The Morgan fingerprint density at radius 1 is 1.11 bits per heavy atom. The highest BCUT2D eigenvalue weighted by molar-refractivity contribution is 6.30. The second kappa shape index (κ2) is 6.57. The zero-order valence-corrected chi connectivity index (χ0v) is 16.6. The van der Waals surface area contributed by atoms with E-state index in [-0.39, 0.29) is 11.4 Å². The molecule has 0 N–H and O–H groups in total. The van der Waals surface area contributed by atoms with E-state index >= 15 is 0 Å². The first-order valence-electron chi connectivity index (χ1n) is 9.10. The summed E-state index contributed by atoms with van der Waals surface area (Å²) in [6.45, 7) is 7.58. The van der Waals surface area contributed by atoms with Crippen LogP contribution < -0.4 is 0 Å². The van der Waals surface area contributed by atoms with E-state index < -0.39 is 0 Å². The molecule has 0 unspecified atom stereocenters. The van der Waals surface area contributed by atoms with Gasteiger partial charge in [0, 0.05) is 23.0 Å². The van der Waals surface area contributed by atoms with Gasteiger partial charge in [0.2, 0.25) is 5.91 Å². The van der Waals surface area contributed by atoms with Gasteiger partial charge in [-0.15, -0.1) is 0 Å². The molecule has 1 aliphatic rings. The number of carbonyl (C=O) groups is 1. The molecule has 0 fully saturated rings. The van der Waals surface area contributed by atoms with Gasteiger partial charge in [0.1, 0.15) is 5.82 Å². The smallest absolute Gasteiger partial charge is 0.227 e. The molecule has 4 rings (SSSR count). The maximum atomic E-state index is 12.8. The summed E-state index contributed by atoms with van der Waals surface area (Å²) in [5, 5.41) is 5.53. The number of carbonyl (C=O) groups excluding carboxylic acids is 1.